The molecule has 1 N–H and O–H groups in total. The normalized spacial score (nSPS) is 20.4. The molecule has 0 bridgehead atoms. The van der Waals surface area contributed by atoms with Gasteiger partial charge in [-0.2, -0.15) is 0 Å². The lowest BCUT2D eigenvalue weighted by Crippen LogP contribution is -2.43. The lowest BCUT2D eigenvalue weighted by molar-refractivity contribution is -0.385. The molecular formula is C14H21N3O2. The molecule has 1 aromatic rings. The minimum atomic E-state index is -0.300. The van der Waals surface area contributed by atoms with Crippen LogP contribution in [0.15, 0.2) is 18.2 Å². The highest BCUT2D eigenvalue weighted by Crippen LogP contribution is 2.23. The summed E-state index contributed by atoms with van der Waals surface area (Å²) in [6.07, 6.45) is 2.39. The summed E-state index contributed by atoms with van der Waals surface area (Å²) >= 11 is 0. The van der Waals surface area contributed by atoms with Gasteiger partial charge in [-0.15, -0.1) is 0 Å². The van der Waals surface area contributed by atoms with E-state index in [1.807, 2.05) is 20.0 Å². The molecule has 1 atom stereocenters. The minimum absolute atomic E-state index is 0.222. The maximum absolute atomic E-state index is 10.9. The second-order valence-corrected chi connectivity index (χ2v) is 5.18. The van der Waals surface area contributed by atoms with Crippen molar-refractivity contribution in [1.82, 2.24) is 10.2 Å². The van der Waals surface area contributed by atoms with Crippen molar-refractivity contribution in [1.29, 1.82) is 0 Å². The molecule has 104 valence electrons. The second-order valence-electron chi connectivity index (χ2n) is 5.18. The Kier molecular flexibility index (Phi) is 4.50. The van der Waals surface area contributed by atoms with E-state index in [0.29, 0.717) is 6.04 Å². The highest BCUT2D eigenvalue weighted by molar-refractivity contribution is 5.44. The molecule has 0 spiro atoms. The quantitative estimate of drug-likeness (QED) is 0.667. The first kappa shape index (κ1) is 14.0. The van der Waals surface area contributed by atoms with Gasteiger partial charge in [0.1, 0.15) is 0 Å². The van der Waals surface area contributed by atoms with Crippen LogP contribution in [0.3, 0.4) is 0 Å². The largest absolute Gasteiger partial charge is 0.316 e. The fraction of sp³-hybridized carbons (Fsp3) is 0.571. The Balaban J connectivity index is 2.10. The van der Waals surface area contributed by atoms with Crippen LogP contribution in [0.1, 0.15) is 24.0 Å². The zero-order chi connectivity index (χ0) is 13.8. The smallest absolute Gasteiger partial charge is 0.272 e. The topological polar surface area (TPSA) is 58.4 Å². The lowest BCUT2D eigenvalue weighted by Gasteiger charge is -2.32. The highest BCUT2D eigenvalue weighted by atomic mass is 16.6. The van der Waals surface area contributed by atoms with E-state index in [2.05, 4.69) is 10.2 Å². The van der Waals surface area contributed by atoms with Crippen LogP contribution in [-0.2, 0) is 6.54 Å². The van der Waals surface area contributed by atoms with Gasteiger partial charge in [0.2, 0.25) is 0 Å². The zero-order valence-electron chi connectivity index (χ0n) is 11.6. The average molecular weight is 263 g/mol. The van der Waals surface area contributed by atoms with Crippen LogP contribution >= 0.6 is 0 Å². The van der Waals surface area contributed by atoms with Crippen molar-refractivity contribution >= 4 is 5.69 Å². The maximum atomic E-state index is 10.9. The van der Waals surface area contributed by atoms with E-state index < -0.39 is 0 Å². The third kappa shape index (κ3) is 3.30. The van der Waals surface area contributed by atoms with E-state index in [9.17, 15) is 10.1 Å². The molecule has 1 aromatic carbocycles. The average Bonchev–Trinajstić information content (AvgIpc) is 2.41. The molecule has 1 unspecified atom stereocenters. The Morgan fingerprint density at radius 3 is 3.00 bits per heavy atom. The first-order chi connectivity index (χ1) is 9.11. The number of likely N-dealkylation sites (N-methyl/N-ethyl adjacent to an activating group) is 1. The third-order valence-corrected chi connectivity index (χ3v) is 3.92. The fourth-order valence-corrected chi connectivity index (χ4v) is 2.71. The number of nitro benzene ring substituents is 1. The van der Waals surface area contributed by atoms with Crippen LogP contribution in [0, 0.1) is 17.0 Å². The summed E-state index contributed by atoms with van der Waals surface area (Å²) in [5, 5.41) is 14.3. The summed E-state index contributed by atoms with van der Waals surface area (Å²) in [5.41, 5.74) is 2.07. The van der Waals surface area contributed by atoms with E-state index in [1.165, 1.54) is 12.8 Å². The summed E-state index contributed by atoms with van der Waals surface area (Å²) in [4.78, 5) is 13.0. The molecule has 5 heteroatoms. The Bertz CT molecular complexity index is 462. The van der Waals surface area contributed by atoms with Crippen LogP contribution in [0.25, 0.3) is 0 Å². The van der Waals surface area contributed by atoms with Crippen molar-refractivity contribution in [2.45, 2.75) is 32.4 Å². The van der Waals surface area contributed by atoms with Gasteiger partial charge in [0.15, 0.2) is 0 Å². The van der Waals surface area contributed by atoms with Gasteiger partial charge in [-0.1, -0.05) is 12.1 Å². The number of benzene rings is 1. The van der Waals surface area contributed by atoms with E-state index in [0.717, 1.165) is 30.8 Å². The molecule has 2 rings (SSSR count). The molecule has 1 heterocycles. The van der Waals surface area contributed by atoms with Gasteiger partial charge < -0.3 is 5.32 Å². The standard InChI is InChI=1S/C14H21N3O2/c1-11-12(5-3-7-14(11)17(18)19)9-16-8-4-6-13(10-16)15-2/h3,5,7,13,15H,4,6,8-10H2,1-2H3. The van der Waals surface area contributed by atoms with E-state index in [4.69, 9.17) is 0 Å². The number of nitro groups is 1. The number of hydrogen-bond acceptors (Lipinski definition) is 4. The monoisotopic (exact) mass is 263 g/mol. The number of rotatable bonds is 4. The van der Waals surface area contributed by atoms with Crippen molar-refractivity contribution in [2.24, 2.45) is 0 Å². The van der Waals surface area contributed by atoms with Gasteiger partial charge in [-0.05, 0) is 38.9 Å². The molecule has 0 amide bonds. The molecule has 19 heavy (non-hydrogen) atoms. The molecule has 5 nitrogen and oxygen atoms in total. The fourth-order valence-electron chi connectivity index (χ4n) is 2.71. The van der Waals surface area contributed by atoms with Crippen LogP contribution < -0.4 is 5.32 Å². The van der Waals surface area contributed by atoms with Crippen molar-refractivity contribution in [3.63, 3.8) is 0 Å². The Labute approximate surface area is 113 Å². The number of hydrogen-bond donors (Lipinski definition) is 1. The Morgan fingerprint density at radius 2 is 2.32 bits per heavy atom. The van der Waals surface area contributed by atoms with Crippen molar-refractivity contribution in [3.05, 3.63) is 39.4 Å². The minimum Gasteiger partial charge on any atom is -0.316 e. The first-order valence-electron chi connectivity index (χ1n) is 6.74. The summed E-state index contributed by atoms with van der Waals surface area (Å²) in [7, 11) is 1.99. The highest BCUT2D eigenvalue weighted by Gasteiger charge is 2.20. The number of nitrogens with one attached hydrogen (secondary N) is 1. The van der Waals surface area contributed by atoms with Crippen molar-refractivity contribution in [2.75, 3.05) is 20.1 Å². The molecule has 1 fully saturated rings. The number of piperidine rings is 1. The molecule has 1 saturated heterocycles. The van der Waals surface area contributed by atoms with Gasteiger partial charge in [-0.25, -0.2) is 0 Å². The van der Waals surface area contributed by atoms with Gasteiger partial charge in [0.05, 0.1) is 4.92 Å². The molecule has 0 saturated carbocycles. The molecule has 0 radical (unpaired) electrons. The molecular weight excluding hydrogens is 242 g/mol. The predicted octanol–water partition coefficient (Wildman–Crippen LogP) is 2.09. The maximum Gasteiger partial charge on any atom is 0.272 e. The van der Waals surface area contributed by atoms with Gasteiger partial charge in [0, 0.05) is 30.8 Å². The van der Waals surface area contributed by atoms with Crippen LogP contribution in [0.2, 0.25) is 0 Å². The van der Waals surface area contributed by atoms with Gasteiger partial charge in [-0.3, -0.25) is 15.0 Å². The van der Waals surface area contributed by atoms with Crippen LogP contribution in [0.4, 0.5) is 5.69 Å². The summed E-state index contributed by atoms with van der Waals surface area (Å²) in [5.74, 6) is 0. The Morgan fingerprint density at radius 1 is 1.53 bits per heavy atom. The van der Waals surface area contributed by atoms with Crippen molar-refractivity contribution in [3.8, 4) is 0 Å². The molecule has 1 aliphatic heterocycles. The van der Waals surface area contributed by atoms with E-state index >= 15 is 0 Å². The first-order valence-corrected chi connectivity index (χ1v) is 6.74. The van der Waals surface area contributed by atoms with Gasteiger partial charge >= 0.3 is 0 Å². The predicted molar refractivity (Wildman–Crippen MR) is 75.2 cm³/mol. The molecule has 0 aliphatic carbocycles. The third-order valence-electron chi connectivity index (χ3n) is 3.92. The van der Waals surface area contributed by atoms with E-state index in [-0.39, 0.29) is 10.6 Å². The molecule has 1 aliphatic rings. The second kappa shape index (κ2) is 6.12. The number of nitrogens with zero attached hydrogens (tertiary/aromatic N) is 2. The zero-order valence-corrected chi connectivity index (χ0v) is 11.6. The lowest BCUT2D eigenvalue weighted by atomic mass is 10.0. The van der Waals surface area contributed by atoms with Crippen LogP contribution in [0.5, 0.6) is 0 Å². The van der Waals surface area contributed by atoms with E-state index in [1.54, 1.807) is 12.1 Å². The Hall–Kier alpha value is -1.46. The number of likely N-dealkylation sites (tertiary alicyclic amines) is 1. The SMILES string of the molecule is CNC1CCCN(Cc2cccc([N+](=O)[O-])c2C)C1. The molecule has 0 aromatic heterocycles. The van der Waals surface area contributed by atoms with Gasteiger partial charge in [0.25, 0.3) is 5.69 Å². The van der Waals surface area contributed by atoms with Crippen LogP contribution in [-0.4, -0.2) is 36.0 Å². The van der Waals surface area contributed by atoms with Crippen molar-refractivity contribution < 1.29 is 4.92 Å². The summed E-state index contributed by atoms with van der Waals surface area (Å²) < 4.78 is 0. The summed E-state index contributed by atoms with van der Waals surface area (Å²) in [6, 6.07) is 5.88. The summed E-state index contributed by atoms with van der Waals surface area (Å²) in [6.45, 7) is 4.72.